The second-order valence-corrected chi connectivity index (χ2v) is 5.50. The zero-order chi connectivity index (χ0) is 17.9. The van der Waals surface area contributed by atoms with Crippen molar-refractivity contribution in [1.82, 2.24) is 4.90 Å². The fourth-order valence-corrected chi connectivity index (χ4v) is 2.68. The molecule has 1 heterocycles. The first-order chi connectivity index (χ1) is 11.3. The Morgan fingerprint density at radius 2 is 2.21 bits per heavy atom. The van der Waals surface area contributed by atoms with E-state index in [0.717, 1.165) is 0 Å². The number of aliphatic carboxylic acids is 1. The van der Waals surface area contributed by atoms with Gasteiger partial charge in [-0.25, -0.2) is 9.18 Å². The summed E-state index contributed by atoms with van der Waals surface area (Å²) in [5.74, 6) is -1.35. The van der Waals surface area contributed by atoms with E-state index < -0.39 is 12.1 Å². The van der Waals surface area contributed by atoms with Crippen molar-refractivity contribution < 1.29 is 19.0 Å². The van der Waals surface area contributed by atoms with Crippen LogP contribution in [0.15, 0.2) is 72.2 Å². The van der Waals surface area contributed by atoms with Crippen molar-refractivity contribution in [2.45, 2.75) is 26.6 Å². The van der Waals surface area contributed by atoms with E-state index >= 15 is 0 Å². The van der Waals surface area contributed by atoms with E-state index in [1.807, 2.05) is 6.92 Å². The molecule has 0 radical (unpaired) electrons. The molecule has 126 valence electrons. The quantitative estimate of drug-likeness (QED) is 0.857. The molecule has 0 amide bonds. The van der Waals surface area contributed by atoms with Gasteiger partial charge in [0.25, 0.3) is 0 Å². The van der Waals surface area contributed by atoms with Crippen molar-refractivity contribution in [3.05, 3.63) is 83.6 Å². The van der Waals surface area contributed by atoms with E-state index in [1.165, 1.54) is 18.2 Å². The zero-order valence-corrected chi connectivity index (χ0v) is 13.8. The highest BCUT2D eigenvalue weighted by molar-refractivity contribution is 5.93. The third kappa shape index (κ3) is 3.63. The molecule has 1 aliphatic rings. The summed E-state index contributed by atoms with van der Waals surface area (Å²) in [7, 11) is 0. The Kier molecular flexibility index (Phi) is 5.36. The van der Waals surface area contributed by atoms with Gasteiger partial charge in [0.05, 0.1) is 24.0 Å². The second kappa shape index (κ2) is 7.27. The number of benzene rings is 1. The topological polar surface area (TPSA) is 49.8 Å². The highest BCUT2D eigenvalue weighted by Gasteiger charge is 2.27. The van der Waals surface area contributed by atoms with Crippen LogP contribution in [0.25, 0.3) is 0 Å². The summed E-state index contributed by atoms with van der Waals surface area (Å²) in [6.07, 6.45) is 2.64. The van der Waals surface area contributed by atoms with E-state index in [9.17, 15) is 14.3 Å². The number of hydrogen-bond acceptors (Lipinski definition) is 3. The van der Waals surface area contributed by atoms with Crippen LogP contribution in [0.4, 0.5) is 4.39 Å². The molecule has 1 aliphatic heterocycles. The molecule has 1 aromatic carbocycles. The van der Waals surface area contributed by atoms with E-state index in [2.05, 4.69) is 13.2 Å². The van der Waals surface area contributed by atoms with Crippen molar-refractivity contribution in [2.75, 3.05) is 0 Å². The molecule has 4 nitrogen and oxygen atoms in total. The van der Waals surface area contributed by atoms with Crippen molar-refractivity contribution in [2.24, 2.45) is 0 Å². The Labute approximate surface area is 140 Å². The molecule has 5 heteroatoms. The Morgan fingerprint density at radius 1 is 1.50 bits per heavy atom. The lowest BCUT2D eigenvalue weighted by atomic mass is 9.97. The molecule has 1 N–H and O–H groups in total. The maximum Gasteiger partial charge on any atom is 0.336 e. The van der Waals surface area contributed by atoms with Gasteiger partial charge in [-0.2, -0.15) is 0 Å². The summed E-state index contributed by atoms with van der Waals surface area (Å²) >= 11 is 0. The highest BCUT2D eigenvalue weighted by atomic mass is 19.1. The van der Waals surface area contributed by atoms with Crippen molar-refractivity contribution in [3.63, 3.8) is 0 Å². The van der Waals surface area contributed by atoms with Crippen LogP contribution in [0, 0.1) is 5.82 Å². The molecule has 0 spiro atoms. The van der Waals surface area contributed by atoms with E-state index in [-0.39, 0.29) is 18.0 Å². The summed E-state index contributed by atoms with van der Waals surface area (Å²) in [5.41, 5.74) is 2.63. The lowest BCUT2D eigenvalue weighted by Gasteiger charge is -2.33. The molecule has 0 fully saturated rings. The number of nitrogens with zero attached hydrogens (tertiary/aromatic N) is 1. The first-order valence-electron chi connectivity index (χ1n) is 7.48. The molecule has 2 rings (SSSR count). The monoisotopic (exact) mass is 329 g/mol. The van der Waals surface area contributed by atoms with Crippen LogP contribution in [0.2, 0.25) is 0 Å². The van der Waals surface area contributed by atoms with Gasteiger partial charge in [0, 0.05) is 11.9 Å². The Morgan fingerprint density at radius 3 is 2.79 bits per heavy atom. The van der Waals surface area contributed by atoms with Crippen molar-refractivity contribution in [3.8, 4) is 0 Å². The molecule has 0 bridgehead atoms. The molecule has 0 aliphatic carbocycles. The zero-order valence-electron chi connectivity index (χ0n) is 13.8. The van der Waals surface area contributed by atoms with E-state index in [4.69, 9.17) is 4.74 Å². The number of halogens is 1. The van der Waals surface area contributed by atoms with Crippen LogP contribution >= 0.6 is 0 Å². The average molecular weight is 329 g/mol. The summed E-state index contributed by atoms with van der Waals surface area (Å²) in [6.45, 7) is 11.4. The Bertz CT molecular complexity index is 749. The van der Waals surface area contributed by atoms with Gasteiger partial charge in [-0.05, 0) is 43.2 Å². The van der Waals surface area contributed by atoms with Crippen LogP contribution in [0.5, 0.6) is 0 Å². The Balaban J connectivity index is 2.26. The van der Waals surface area contributed by atoms with Crippen molar-refractivity contribution in [1.29, 1.82) is 0 Å². The lowest BCUT2D eigenvalue weighted by molar-refractivity contribution is -0.132. The van der Waals surface area contributed by atoms with Gasteiger partial charge in [-0.1, -0.05) is 25.3 Å². The lowest BCUT2D eigenvalue weighted by Crippen LogP contribution is -2.30. The van der Waals surface area contributed by atoms with Crippen LogP contribution in [-0.2, 0) is 16.1 Å². The molecular weight excluding hydrogens is 309 g/mol. The molecule has 1 aromatic rings. The number of carboxylic acid groups (broad SMARTS) is 1. The standard InChI is InChI=1S/C19H20FNO3/c1-5-21-12(2)9-17(19(22)23)13(3)18(21)14(4)24-11-15-7-6-8-16(20)10-15/h5-10,14H,1-2,11H2,3-4H3,(H,22,23). The van der Waals surface area contributed by atoms with Gasteiger partial charge >= 0.3 is 5.97 Å². The number of hydrogen-bond donors (Lipinski definition) is 1. The third-order valence-electron chi connectivity index (χ3n) is 3.86. The van der Waals surface area contributed by atoms with Crippen LogP contribution in [0.1, 0.15) is 19.4 Å². The van der Waals surface area contributed by atoms with Crippen molar-refractivity contribution >= 4 is 5.97 Å². The minimum absolute atomic E-state index is 0.175. The molecule has 1 unspecified atom stereocenters. The molecule has 0 saturated carbocycles. The fourth-order valence-electron chi connectivity index (χ4n) is 2.68. The SMILES string of the molecule is C=CN1C(=C)C=C(C(=O)O)C(C)=C1C(C)OCc1cccc(F)c1. The maximum absolute atomic E-state index is 13.2. The van der Waals surface area contributed by atoms with Gasteiger partial charge in [0.15, 0.2) is 0 Å². The number of rotatable bonds is 6. The highest BCUT2D eigenvalue weighted by Crippen LogP contribution is 2.32. The van der Waals surface area contributed by atoms with Gasteiger partial charge in [0.1, 0.15) is 5.82 Å². The molecule has 0 aromatic heterocycles. The number of ether oxygens (including phenoxy) is 1. The molecule has 24 heavy (non-hydrogen) atoms. The summed E-state index contributed by atoms with van der Waals surface area (Å²) < 4.78 is 19.1. The predicted molar refractivity (Wildman–Crippen MR) is 90.2 cm³/mol. The molecule has 1 atom stereocenters. The summed E-state index contributed by atoms with van der Waals surface area (Å²) in [5, 5.41) is 9.35. The van der Waals surface area contributed by atoms with Crippen LogP contribution in [-0.4, -0.2) is 22.1 Å². The van der Waals surface area contributed by atoms with Crippen LogP contribution < -0.4 is 0 Å². The summed E-state index contributed by atoms with van der Waals surface area (Å²) in [6, 6.07) is 6.16. The fraction of sp³-hybridized carbons (Fsp3) is 0.211. The second-order valence-electron chi connectivity index (χ2n) is 5.50. The first-order valence-corrected chi connectivity index (χ1v) is 7.48. The summed E-state index contributed by atoms with van der Waals surface area (Å²) in [4.78, 5) is 13.1. The minimum atomic E-state index is -1.02. The average Bonchev–Trinajstić information content (AvgIpc) is 2.53. The van der Waals surface area contributed by atoms with Crippen LogP contribution in [0.3, 0.4) is 0 Å². The predicted octanol–water partition coefficient (Wildman–Crippen LogP) is 3.99. The van der Waals surface area contributed by atoms with Gasteiger partial charge in [-0.15, -0.1) is 0 Å². The minimum Gasteiger partial charge on any atom is -0.478 e. The first kappa shape index (κ1) is 17.7. The normalized spacial score (nSPS) is 16.0. The van der Waals surface area contributed by atoms with Gasteiger partial charge < -0.3 is 14.7 Å². The number of carboxylic acids is 1. The number of carbonyl (C=O) groups is 1. The largest absolute Gasteiger partial charge is 0.478 e. The maximum atomic E-state index is 13.2. The smallest absolute Gasteiger partial charge is 0.336 e. The van der Waals surface area contributed by atoms with Gasteiger partial charge in [-0.3, -0.25) is 0 Å². The Hall–Kier alpha value is -2.66. The van der Waals surface area contributed by atoms with Gasteiger partial charge in [0.2, 0.25) is 0 Å². The molecular formula is C19H20FNO3. The van der Waals surface area contributed by atoms with E-state index in [1.54, 1.807) is 30.2 Å². The molecule has 0 saturated heterocycles. The number of allylic oxidation sites excluding steroid dienone is 1. The van der Waals surface area contributed by atoms with E-state index in [0.29, 0.717) is 22.5 Å². The third-order valence-corrected chi connectivity index (χ3v) is 3.86.